The lowest BCUT2D eigenvalue weighted by Crippen LogP contribution is -2.12. The summed E-state index contributed by atoms with van der Waals surface area (Å²) >= 11 is 0. The molecule has 1 heterocycles. The summed E-state index contributed by atoms with van der Waals surface area (Å²) in [6, 6.07) is 12.0. The number of hydrogen-bond donors (Lipinski definition) is 2. The Bertz CT molecular complexity index is 966. The molecular weight excluding hydrogens is 375 g/mol. The van der Waals surface area contributed by atoms with E-state index in [1.54, 1.807) is 24.3 Å². The molecule has 0 radical (unpaired) electrons. The van der Waals surface area contributed by atoms with Crippen LogP contribution in [0.25, 0.3) is 0 Å². The monoisotopic (exact) mass is 391 g/mol. The molecule has 0 aliphatic rings. The number of ether oxygens (including phenoxy) is 2. The highest BCUT2D eigenvalue weighted by Gasteiger charge is 2.34. The summed E-state index contributed by atoms with van der Waals surface area (Å²) < 4.78 is 49.7. The maximum absolute atomic E-state index is 13.1. The molecule has 146 valence electrons. The van der Waals surface area contributed by atoms with Crippen LogP contribution in [0.5, 0.6) is 11.5 Å². The van der Waals surface area contributed by atoms with Crippen LogP contribution in [0.1, 0.15) is 11.4 Å². The summed E-state index contributed by atoms with van der Waals surface area (Å²) in [5.41, 5.74) is 5.39. The smallest absolute Gasteiger partial charge is 0.419 e. The predicted octanol–water partition coefficient (Wildman–Crippen LogP) is 3.80. The number of methoxy groups -OCH3 is 1. The van der Waals surface area contributed by atoms with Crippen molar-refractivity contribution in [3.05, 3.63) is 59.9 Å². The quantitative estimate of drug-likeness (QED) is 0.660. The van der Waals surface area contributed by atoms with Crippen LogP contribution in [0.2, 0.25) is 0 Å². The molecule has 0 unspecified atom stereocenters. The number of hydrogen-bond acceptors (Lipinski definition) is 7. The molecule has 7 nitrogen and oxygen atoms in total. The van der Waals surface area contributed by atoms with Gasteiger partial charge in [0.1, 0.15) is 18.1 Å². The molecule has 3 N–H and O–H groups in total. The Balaban J connectivity index is 1.80. The third-order valence-electron chi connectivity index (χ3n) is 3.60. The van der Waals surface area contributed by atoms with Gasteiger partial charge in [0.15, 0.2) is 5.82 Å². The fourth-order valence-corrected chi connectivity index (χ4v) is 2.40. The molecule has 0 saturated carbocycles. The van der Waals surface area contributed by atoms with Crippen molar-refractivity contribution < 1.29 is 22.6 Å². The second-order valence-electron chi connectivity index (χ2n) is 5.54. The number of anilines is 3. The van der Waals surface area contributed by atoms with Gasteiger partial charge in [-0.25, -0.2) is 0 Å². The zero-order valence-electron chi connectivity index (χ0n) is 14.7. The summed E-state index contributed by atoms with van der Waals surface area (Å²) in [6.45, 7) is -0.319. The normalized spacial score (nSPS) is 11.1. The molecule has 1 aromatic heterocycles. The lowest BCUT2D eigenvalue weighted by Gasteiger charge is -2.14. The van der Waals surface area contributed by atoms with E-state index in [-0.39, 0.29) is 30.1 Å². The maximum Gasteiger partial charge on any atom is 0.419 e. The van der Waals surface area contributed by atoms with Crippen molar-refractivity contribution in [2.24, 2.45) is 0 Å². The van der Waals surface area contributed by atoms with Gasteiger partial charge in [-0.2, -0.15) is 28.1 Å². The molecule has 10 heteroatoms. The second kappa shape index (κ2) is 7.99. The van der Waals surface area contributed by atoms with Crippen LogP contribution < -0.4 is 20.5 Å². The highest BCUT2D eigenvalue weighted by atomic mass is 19.4. The van der Waals surface area contributed by atoms with Crippen molar-refractivity contribution in [2.45, 2.75) is 12.8 Å². The molecule has 0 saturated heterocycles. The molecule has 0 amide bonds. The third kappa shape index (κ3) is 4.58. The molecule has 0 spiro atoms. The standard InChI is InChI=1S/C18H16F3N5O2/c1-27-14-9-5-3-7-12(14)23-17-25-15(24-16(22)26-17)10-28-13-8-4-2-6-11(13)18(19,20)21/h2-9H,10H2,1H3,(H3,22,23,24,25,26). The average molecular weight is 391 g/mol. The van der Waals surface area contributed by atoms with Crippen LogP contribution >= 0.6 is 0 Å². The Kier molecular flexibility index (Phi) is 5.48. The Labute approximate surface area is 158 Å². The van der Waals surface area contributed by atoms with Gasteiger partial charge in [-0.3, -0.25) is 0 Å². The Hall–Kier alpha value is -3.56. The van der Waals surface area contributed by atoms with E-state index in [4.69, 9.17) is 15.2 Å². The molecule has 0 atom stereocenters. The van der Waals surface area contributed by atoms with Gasteiger partial charge >= 0.3 is 6.18 Å². The molecule has 0 aliphatic heterocycles. The number of halogens is 3. The van der Waals surface area contributed by atoms with Gasteiger partial charge in [0.05, 0.1) is 18.4 Å². The number of nitrogens with zero attached hydrogens (tertiary/aromatic N) is 3. The van der Waals surface area contributed by atoms with Gasteiger partial charge in [0, 0.05) is 0 Å². The van der Waals surface area contributed by atoms with Crippen LogP contribution in [0.15, 0.2) is 48.5 Å². The Morgan fingerprint density at radius 3 is 2.36 bits per heavy atom. The topological polar surface area (TPSA) is 95.2 Å². The van der Waals surface area contributed by atoms with Crippen molar-refractivity contribution in [1.82, 2.24) is 15.0 Å². The minimum Gasteiger partial charge on any atom is -0.495 e. The number of benzene rings is 2. The number of para-hydroxylation sites is 3. The molecule has 28 heavy (non-hydrogen) atoms. The van der Waals surface area contributed by atoms with Crippen molar-refractivity contribution in [1.29, 1.82) is 0 Å². The van der Waals surface area contributed by atoms with Gasteiger partial charge in [0.2, 0.25) is 11.9 Å². The number of nitrogens with one attached hydrogen (secondary N) is 1. The summed E-state index contributed by atoms with van der Waals surface area (Å²) in [5, 5.41) is 2.94. The predicted molar refractivity (Wildman–Crippen MR) is 96.3 cm³/mol. The van der Waals surface area contributed by atoms with Crippen LogP contribution in [-0.2, 0) is 12.8 Å². The molecule has 3 aromatic rings. The number of nitrogen functional groups attached to an aromatic ring is 1. The van der Waals surface area contributed by atoms with E-state index in [0.717, 1.165) is 6.07 Å². The highest BCUT2D eigenvalue weighted by molar-refractivity contribution is 5.62. The van der Waals surface area contributed by atoms with E-state index in [9.17, 15) is 13.2 Å². The SMILES string of the molecule is COc1ccccc1Nc1nc(N)nc(COc2ccccc2C(F)(F)F)n1. The third-order valence-corrected chi connectivity index (χ3v) is 3.60. The van der Waals surface area contributed by atoms with E-state index in [2.05, 4.69) is 20.3 Å². The van der Waals surface area contributed by atoms with Crippen molar-refractivity contribution in [2.75, 3.05) is 18.2 Å². The molecule has 0 aliphatic carbocycles. The van der Waals surface area contributed by atoms with Gasteiger partial charge in [0.25, 0.3) is 0 Å². The van der Waals surface area contributed by atoms with Gasteiger partial charge in [-0.15, -0.1) is 0 Å². The fourth-order valence-electron chi connectivity index (χ4n) is 2.40. The molecule has 2 aromatic carbocycles. The molecule has 3 rings (SSSR count). The van der Waals surface area contributed by atoms with E-state index in [1.807, 2.05) is 0 Å². The van der Waals surface area contributed by atoms with E-state index in [1.165, 1.54) is 25.3 Å². The van der Waals surface area contributed by atoms with E-state index in [0.29, 0.717) is 11.4 Å². The first-order chi connectivity index (χ1) is 13.4. The number of aromatic nitrogens is 3. The van der Waals surface area contributed by atoms with Crippen molar-refractivity contribution in [3.8, 4) is 11.5 Å². The summed E-state index contributed by atoms with van der Waals surface area (Å²) in [7, 11) is 1.51. The number of rotatable bonds is 6. The highest BCUT2D eigenvalue weighted by Crippen LogP contribution is 2.36. The fraction of sp³-hybridized carbons (Fsp3) is 0.167. The lowest BCUT2D eigenvalue weighted by molar-refractivity contribution is -0.139. The summed E-state index contributed by atoms with van der Waals surface area (Å²) in [6.07, 6.45) is -4.54. The second-order valence-corrected chi connectivity index (χ2v) is 5.54. The largest absolute Gasteiger partial charge is 0.495 e. The first-order valence-electron chi connectivity index (χ1n) is 8.06. The van der Waals surface area contributed by atoms with Crippen molar-refractivity contribution in [3.63, 3.8) is 0 Å². The van der Waals surface area contributed by atoms with Crippen LogP contribution in [0.4, 0.5) is 30.8 Å². The first-order valence-corrected chi connectivity index (χ1v) is 8.06. The summed E-state index contributed by atoms with van der Waals surface area (Å²) in [4.78, 5) is 12.0. The summed E-state index contributed by atoms with van der Waals surface area (Å²) in [5.74, 6) is 0.309. The number of alkyl halides is 3. The molecule has 0 fully saturated rings. The van der Waals surface area contributed by atoms with Crippen LogP contribution in [0.3, 0.4) is 0 Å². The molecule has 0 bridgehead atoms. The zero-order valence-corrected chi connectivity index (χ0v) is 14.7. The maximum atomic E-state index is 13.1. The van der Waals surface area contributed by atoms with Gasteiger partial charge < -0.3 is 20.5 Å². The van der Waals surface area contributed by atoms with Crippen LogP contribution in [-0.4, -0.2) is 22.1 Å². The minimum atomic E-state index is -4.54. The lowest BCUT2D eigenvalue weighted by atomic mass is 10.2. The van der Waals surface area contributed by atoms with Gasteiger partial charge in [-0.05, 0) is 24.3 Å². The molecular formula is C18H16F3N5O2. The Morgan fingerprint density at radius 2 is 1.64 bits per heavy atom. The zero-order chi connectivity index (χ0) is 20.1. The minimum absolute atomic E-state index is 0.0712. The first kappa shape index (κ1) is 19.2. The van der Waals surface area contributed by atoms with Crippen molar-refractivity contribution >= 4 is 17.6 Å². The van der Waals surface area contributed by atoms with E-state index >= 15 is 0 Å². The average Bonchev–Trinajstić information content (AvgIpc) is 2.66. The van der Waals surface area contributed by atoms with Gasteiger partial charge in [-0.1, -0.05) is 24.3 Å². The van der Waals surface area contributed by atoms with E-state index < -0.39 is 11.7 Å². The number of nitrogens with two attached hydrogens (primary N) is 1. The Morgan fingerprint density at radius 1 is 0.964 bits per heavy atom. The van der Waals surface area contributed by atoms with Crippen LogP contribution in [0, 0.1) is 0 Å².